The Labute approximate surface area is 101 Å². The Hall–Kier alpha value is -0.0900. The zero-order valence-electron chi connectivity index (χ0n) is 9.71. The van der Waals surface area contributed by atoms with E-state index in [0.717, 1.165) is 39.1 Å². The molecule has 1 aliphatic rings. The Morgan fingerprint density at radius 1 is 1.47 bits per heavy atom. The topological polar surface area (TPSA) is 23.6 Å². The van der Waals surface area contributed by atoms with E-state index in [4.69, 9.17) is 0 Å². The lowest BCUT2D eigenvalue weighted by Crippen LogP contribution is -2.37. The predicted molar refractivity (Wildman–Crippen MR) is 66.3 cm³/mol. The number of nitrogens with zero attached hydrogens (tertiary/aromatic N) is 2. The van der Waals surface area contributed by atoms with Gasteiger partial charge in [-0.1, -0.05) is 29.8 Å². The summed E-state index contributed by atoms with van der Waals surface area (Å²) in [4.78, 5) is 16.1. The molecule has 0 spiro atoms. The minimum Gasteiger partial charge on any atom is -0.340 e. The highest BCUT2D eigenvalue weighted by molar-refractivity contribution is 9.10. The number of hydrogen-bond acceptors (Lipinski definition) is 2. The van der Waals surface area contributed by atoms with Gasteiger partial charge in [-0.2, -0.15) is 0 Å². The molecule has 88 valence electrons. The summed E-state index contributed by atoms with van der Waals surface area (Å²) in [6.45, 7) is 9.39. The number of likely N-dealkylation sites (tertiary alicyclic amines) is 1. The van der Waals surface area contributed by atoms with E-state index in [0.29, 0.717) is 0 Å². The second kappa shape index (κ2) is 6.48. The second-order valence-electron chi connectivity index (χ2n) is 4.02. The van der Waals surface area contributed by atoms with Crippen LogP contribution in [0.2, 0.25) is 0 Å². The average molecular weight is 277 g/mol. The molecular weight excluding hydrogens is 256 g/mol. The van der Waals surface area contributed by atoms with Gasteiger partial charge in [-0.25, -0.2) is 0 Å². The fourth-order valence-corrected chi connectivity index (χ4v) is 2.42. The van der Waals surface area contributed by atoms with Gasteiger partial charge >= 0.3 is 0 Å². The Bertz CT molecular complexity index is 211. The van der Waals surface area contributed by atoms with Crippen LogP contribution in [0, 0.1) is 0 Å². The summed E-state index contributed by atoms with van der Waals surface area (Å²) in [6.07, 6.45) is 2.14. The van der Waals surface area contributed by atoms with Gasteiger partial charge in [-0.05, 0) is 25.9 Å². The van der Waals surface area contributed by atoms with Crippen molar-refractivity contribution in [3.63, 3.8) is 0 Å². The molecule has 0 radical (unpaired) electrons. The molecule has 1 rings (SSSR count). The van der Waals surface area contributed by atoms with Gasteiger partial charge in [0, 0.05) is 19.6 Å². The molecule has 0 saturated carbocycles. The van der Waals surface area contributed by atoms with Gasteiger partial charge in [-0.15, -0.1) is 0 Å². The maximum atomic E-state index is 11.6. The van der Waals surface area contributed by atoms with Gasteiger partial charge in [-0.3, -0.25) is 4.79 Å². The van der Waals surface area contributed by atoms with Crippen LogP contribution in [-0.4, -0.2) is 53.3 Å². The van der Waals surface area contributed by atoms with Crippen LogP contribution in [0.15, 0.2) is 0 Å². The zero-order valence-corrected chi connectivity index (χ0v) is 11.3. The third-order valence-electron chi connectivity index (χ3n) is 2.91. The fraction of sp³-hybridized carbons (Fsp3) is 0.909. The van der Waals surface area contributed by atoms with Crippen molar-refractivity contribution < 1.29 is 4.79 Å². The number of hydrogen-bond donors (Lipinski definition) is 0. The molecule has 0 aromatic rings. The molecule has 0 aromatic carbocycles. The van der Waals surface area contributed by atoms with Crippen LogP contribution < -0.4 is 0 Å². The third kappa shape index (κ3) is 3.76. The molecule has 1 saturated heterocycles. The normalized spacial score (nSPS) is 21.7. The number of likely N-dealkylation sites (N-methyl/N-ethyl adjacent to an activating group) is 1. The first-order valence-corrected chi connectivity index (χ1v) is 6.75. The molecule has 0 aliphatic carbocycles. The van der Waals surface area contributed by atoms with Gasteiger partial charge in [0.2, 0.25) is 5.91 Å². The van der Waals surface area contributed by atoms with E-state index < -0.39 is 0 Å². The summed E-state index contributed by atoms with van der Waals surface area (Å²) in [5.41, 5.74) is 0. The number of amides is 1. The molecule has 0 bridgehead atoms. The van der Waals surface area contributed by atoms with Crippen LogP contribution in [-0.2, 0) is 4.79 Å². The maximum Gasteiger partial charge on any atom is 0.236 e. The molecule has 0 N–H and O–H groups in total. The molecule has 1 aliphatic heterocycles. The van der Waals surface area contributed by atoms with Crippen molar-refractivity contribution in [1.82, 2.24) is 9.80 Å². The van der Waals surface area contributed by atoms with E-state index in [1.54, 1.807) is 0 Å². The molecular formula is C11H21BrN2O. The number of rotatable bonds is 6. The van der Waals surface area contributed by atoms with Crippen molar-refractivity contribution in [2.24, 2.45) is 0 Å². The van der Waals surface area contributed by atoms with Crippen LogP contribution in [0.1, 0.15) is 26.7 Å². The quantitative estimate of drug-likeness (QED) is 0.690. The highest BCUT2D eigenvalue weighted by Crippen LogP contribution is 2.17. The van der Waals surface area contributed by atoms with Gasteiger partial charge in [0.25, 0.3) is 0 Å². The largest absolute Gasteiger partial charge is 0.340 e. The second-order valence-corrected chi connectivity index (χ2v) is 5.12. The van der Waals surface area contributed by atoms with Gasteiger partial charge in [0.05, 0.1) is 4.83 Å². The van der Waals surface area contributed by atoms with Crippen molar-refractivity contribution in [2.75, 3.05) is 32.7 Å². The molecule has 1 unspecified atom stereocenters. The van der Waals surface area contributed by atoms with Gasteiger partial charge < -0.3 is 9.80 Å². The molecule has 1 heterocycles. The summed E-state index contributed by atoms with van der Waals surface area (Å²) in [5, 5.41) is 0. The van der Waals surface area contributed by atoms with E-state index in [-0.39, 0.29) is 10.7 Å². The van der Waals surface area contributed by atoms with E-state index in [9.17, 15) is 4.79 Å². The third-order valence-corrected chi connectivity index (χ3v) is 3.75. The monoisotopic (exact) mass is 276 g/mol. The summed E-state index contributed by atoms with van der Waals surface area (Å²) < 4.78 is 0. The first-order chi connectivity index (χ1) is 7.19. The van der Waals surface area contributed by atoms with Gasteiger partial charge in [0.1, 0.15) is 0 Å². The first kappa shape index (κ1) is 13.0. The Kier molecular flexibility index (Phi) is 5.61. The molecule has 1 atom stereocenters. The zero-order chi connectivity index (χ0) is 11.3. The number of carbonyl (C=O) groups is 1. The summed E-state index contributed by atoms with van der Waals surface area (Å²) in [5.74, 6) is 0.266. The molecule has 4 heteroatoms. The van der Waals surface area contributed by atoms with Crippen molar-refractivity contribution in [3.8, 4) is 0 Å². The van der Waals surface area contributed by atoms with E-state index in [1.165, 1.54) is 6.42 Å². The van der Waals surface area contributed by atoms with Gasteiger partial charge in [0.15, 0.2) is 0 Å². The maximum absolute atomic E-state index is 11.6. The molecule has 15 heavy (non-hydrogen) atoms. The van der Waals surface area contributed by atoms with E-state index >= 15 is 0 Å². The lowest BCUT2D eigenvalue weighted by molar-refractivity contribution is -0.127. The minimum atomic E-state index is 0.0683. The SMILES string of the molecule is CCCN(CC)CCN1CCC(Br)C1=O. The number of carbonyl (C=O) groups excluding carboxylic acids is 1. The lowest BCUT2D eigenvalue weighted by Gasteiger charge is -2.23. The smallest absolute Gasteiger partial charge is 0.236 e. The number of alkyl halides is 1. The van der Waals surface area contributed by atoms with Crippen molar-refractivity contribution in [1.29, 1.82) is 0 Å². The van der Waals surface area contributed by atoms with Crippen LogP contribution >= 0.6 is 15.9 Å². The standard InChI is InChI=1S/C11H21BrN2O/c1-3-6-13(4-2)8-9-14-7-5-10(12)11(14)15/h10H,3-9H2,1-2H3. The Morgan fingerprint density at radius 2 is 2.20 bits per heavy atom. The first-order valence-electron chi connectivity index (χ1n) is 5.84. The van der Waals surface area contributed by atoms with E-state index in [2.05, 4.69) is 34.7 Å². The molecule has 1 amide bonds. The van der Waals surface area contributed by atoms with Crippen molar-refractivity contribution in [2.45, 2.75) is 31.5 Å². The lowest BCUT2D eigenvalue weighted by atomic mass is 10.4. The number of halogens is 1. The Balaban J connectivity index is 2.27. The van der Waals surface area contributed by atoms with Crippen LogP contribution in [0.5, 0.6) is 0 Å². The summed E-state index contributed by atoms with van der Waals surface area (Å²) in [6, 6.07) is 0. The van der Waals surface area contributed by atoms with Crippen molar-refractivity contribution in [3.05, 3.63) is 0 Å². The highest BCUT2D eigenvalue weighted by atomic mass is 79.9. The molecule has 3 nitrogen and oxygen atoms in total. The van der Waals surface area contributed by atoms with Crippen LogP contribution in [0.4, 0.5) is 0 Å². The Morgan fingerprint density at radius 3 is 2.67 bits per heavy atom. The fourth-order valence-electron chi connectivity index (χ4n) is 1.93. The van der Waals surface area contributed by atoms with E-state index in [1.807, 2.05) is 4.90 Å². The molecule has 0 aromatic heterocycles. The van der Waals surface area contributed by atoms with Crippen LogP contribution in [0.3, 0.4) is 0 Å². The summed E-state index contributed by atoms with van der Waals surface area (Å²) >= 11 is 3.39. The minimum absolute atomic E-state index is 0.0683. The van der Waals surface area contributed by atoms with Crippen LogP contribution in [0.25, 0.3) is 0 Å². The average Bonchev–Trinajstić information content (AvgIpc) is 2.55. The summed E-state index contributed by atoms with van der Waals surface area (Å²) in [7, 11) is 0. The highest BCUT2D eigenvalue weighted by Gasteiger charge is 2.28. The predicted octanol–water partition coefficient (Wildman–Crippen LogP) is 1.71. The van der Waals surface area contributed by atoms with Crippen molar-refractivity contribution >= 4 is 21.8 Å². The molecule has 1 fully saturated rings.